The molecule has 2 aromatic rings. The predicted octanol–water partition coefficient (Wildman–Crippen LogP) is 1.17. The van der Waals surface area contributed by atoms with Gasteiger partial charge in [-0.1, -0.05) is 11.6 Å². The van der Waals surface area contributed by atoms with Gasteiger partial charge < -0.3 is 10.6 Å². The highest BCUT2D eigenvalue weighted by atomic mass is 35.5. The van der Waals surface area contributed by atoms with E-state index in [0.29, 0.717) is 18.3 Å². The quantitative estimate of drug-likeness (QED) is 0.786. The molecule has 1 aliphatic heterocycles. The average Bonchev–Trinajstić information content (AvgIpc) is 3.17. The first-order chi connectivity index (χ1) is 10.6. The number of aromatic amines is 1. The lowest BCUT2D eigenvalue weighted by molar-refractivity contribution is 0.0945. The lowest BCUT2D eigenvalue weighted by atomic mass is 10.0. The first-order valence-corrected chi connectivity index (χ1v) is 7.53. The molecule has 8 heteroatoms. The fourth-order valence-corrected chi connectivity index (χ4v) is 2.77. The maximum atomic E-state index is 12.2. The minimum atomic E-state index is -0.313. The first kappa shape index (κ1) is 14.9. The van der Waals surface area contributed by atoms with Gasteiger partial charge in [0, 0.05) is 30.3 Å². The van der Waals surface area contributed by atoms with Crippen LogP contribution in [0.15, 0.2) is 12.4 Å². The van der Waals surface area contributed by atoms with E-state index in [1.165, 1.54) is 6.20 Å². The van der Waals surface area contributed by atoms with E-state index < -0.39 is 0 Å². The smallest absolute Gasteiger partial charge is 0.271 e. The molecule has 0 bridgehead atoms. The molecule has 3 N–H and O–H groups in total. The van der Waals surface area contributed by atoms with Crippen LogP contribution in [-0.2, 0) is 6.54 Å². The molecule has 0 aliphatic carbocycles. The van der Waals surface area contributed by atoms with E-state index >= 15 is 0 Å². The number of H-pyrrole nitrogens is 1. The summed E-state index contributed by atoms with van der Waals surface area (Å²) >= 11 is 5.97. The molecule has 22 heavy (non-hydrogen) atoms. The van der Waals surface area contributed by atoms with Gasteiger partial charge in [0.2, 0.25) is 0 Å². The maximum absolute atomic E-state index is 12.2. The van der Waals surface area contributed by atoms with E-state index in [1.807, 2.05) is 0 Å². The maximum Gasteiger partial charge on any atom is 0.271 e. The van der Waals surface area contributed by atoms with E-state index in [-0.39, 0.29) is 16.6 Å². The molecule has 1 aliphatic rings. The highest BCUT2D eigenvalue weighted by Crippen LogP contribution is 2.23. The second-order valence-electron chi connectivity index (χ2n) is 5.30. The second-order valence-corrected chi connectivity index (χ2v) is 5.70. The summed E-state index contributed by atoms with van der Waals surface area (Å²) in [5, 5.41) is 13.5. The monoisotopic (exact) mass is 320 g/mol. The summed E-state index contributed by atoms with van der Waals surface area (Å²) in [6.07, 6.45) is 4.26. The standard InChI is InChI=1S/C14H17ClN6O/c1-8-17-7-11(15)13(20-8)14(22)18-5-10-6-19-21-12(10)9-2-3-16-4-9/h6-7,9,16H,2-5H2,1H3,(H,18,22)(H,19,21). The molecular weight excluding hydrogens is 304 g/mol. The highest BCUT2D eigenvalue weighted by molar-refractivity contribution is 6.33. The van der Waals surface area contributed by atoms with E-state index in [0.717, 1.165) is 30.8 Å². The molecule has 0 saturated carbocycles. The largest absolute Gasteiger partial charge is 0.346 e. The molecule has 1 unspecified atom stereocenters. The molecule has 3 rings (SSSR count). The number of aryl methyl sites for hydroxylation is 1. The zero-order valence-corrected chi connectivity index (χ0v) is 12.9. The molecule has 1 amide bonds. The third-order valence-corrected chi connectivity index (χ3v) is 4.02. The summed E-state index contributed by atoms with van der Waals surface area (Å²) in [7, 11) is 0. The Hall–Kier alpha value is -1.99. The van der Waals surface area contributed by atoms with Gasteiger partial charge in [-0.3, -0.25) is 9.89 Å². The molecule has 1 saturated heterocycles. The summed E-state index contributed by atoms with van der Waals surface area (Å²) < 4.78 is 0. The van der Waals surface area contributed by atoms with E-state index in [1.54, 1.807) is 13.1 Å². The van der Waals surface area contributed by atoms with Crippen molar-refractivity contribution in [1.29, 1.82) is 0 Å². The number of carbonyl (C=O) groups is 1. The highest BCUT2D eigenvalue weighted by Gasteiger charge is 2.22. The molecule has 0 aromatic carbocycles. The molecular formula is C14H17ClN6O. The fourth-order valence-electron chi connectivity index (χ4n) is 2.59. The Morgan fingerprint density at radius 2 is 2.36 bits per heavy atom. The molecule has 0 spiro atoms. The Kier molecular flexibility index (Phi) is 4.35. The molecule has 7 nitrogen and oxygen atoms in total. The van der Waals surface area contributed by atoms with Gasteiger partial charge in [0.15, 0.2) is 0 Å². The number of halogens is 1. The van der Waals surface area contributed by atoms with Crippen LogP contribution in [0.25, 0.3) is 0 Å². The van der Waals surface area contributed by atoms with Gasteiger partial charge in [-0.25, -0.2) is 9.97 Å². The van der Waals surface area contributed by atoms with Crippen molar-refractivity contribution in [3.8, 4) is 0 Å². The number of nitrogens with zero attached hydrogens (tertiary/aromatic N) is 3. The zero-order chi connectivity index (χ0) is 15.5. The van der Waals surface area contributed by atoms with Gasteiger partial charge in [-0.05, 0) is 19.9 Å². The summed E-state index contributed by atoms with van der Waals surface area (Å²) in [5.41, 5.74) is 2.26. The normalized spacial score (nSPS) is 17.6. The van der Waals surface area contributed by atoms with Crippen LogP contribution in [0.1, 0.15) is 39.9 Å². The molecule has 3 heterocycles. The first-order valence-electron chi connectivity index (χ1n) is 7.15. The van der Waals surface area contributed by atoms with Crippen molar-refractivity contribution >= 4 is 17.5 Å². The van der Waals surface area contributed by atoms with Crippen molar-refractivity contribution in [3.63, 3.8) is 0 Å². The van der Waals surface area contributed by atoms with Gasteiger partial charge in [0.25, 0.3) is 5.91 Å². The van der Waals surface area contributed by atoms with Crippen LogP contribution in [0.2, 0.25) is 5.02 Å². The number of nitrogens with one attached hydrogen (secondary N) is 3. The molecule has 116 valence electrons. The third kappa shape index (κ3) is 3.10. The van der Waals surface area contributed by atoms with Crippen LogP contribution in [0.3, 0.4) is 0 Å². The number of rotatable bonds is 4. The number of carbonyl (C=O) groups excluding carboxylic acids is 1. The summed E-state index contributed by atoms with van der Waals surface area (Å²) in [4.78, 5) is 20.3. The van der Waals surface area contributed by atoms with Crippen molar-refractivity contribution in [2.75, 3.05) is 13.1 Å². The molecule has 0 radical (unpaired) electrons. The minimum Gasteiger partial charge on any atom is -0.346 e. The molecule has 1 atom stereocenters. The third-order valence-electron chi connectivity index (χ3n) is 3.74. The molecule has 1 fully saturated rings. The van der Waals surface area contributed by atoms with Crippen LogP contribution < -0.4 is 10.6 Å². The van der Waals surface area contributed by atoms with Crippen molar-refractivity contribution < 1.29 is 4.79 Å². The number of hydrogen-bond donors (Lipinski definition) is 3. The Balaban J connectivity index is 1.69. The number of aromatic nitrogens is 4. The Morgan fingerprint density at radius 1 is 1.50 bits per heavy atom. The van der Waals surface area contributed by atoms with E-state index in [4.69, 9.17) is 11.6 Å². The van der Waals surface area contributed by atoms with Gasteiger partial charge in [0.1, 0.15) is 11.5 Å². The van der Waals surface area contributed by atoms with Gasteiger partial charge in [-0.15, -0.1) is 0 Å². The predicted molar refractivity (Wildman–Crippen MR) is 81.8 cm³/mol. The van der Waals surface area contributed by atoms with Crippen LogP contribution in [0.5, 0.6) is 0 Å². The van der Waals surface area contributed by atoms with Crippen molar-refractivity contribution in [3.05, 3.63) is 40.2 Å². The van der Waals surface area contributed by atoms with Crippen LogP contribution in [-0.4, -0.2) is 39.2 Å². The topological polar surface area (TPSA) is 95.6 Å². The lowest BCUT2D eigenvalue weighted by Gasteiger charge is -2.10. The van der Waals surface area contributed by atoms with Crippen molar-refractivity contribution in [1.82, 2.24) is 30.8 Å². The lowest BCUT2D eigenvalue weighted by Crippen LogP contribution is -2.25. The van der Waals surface area contributed by atoms with Crippen molar-refractivity contribution in [2.24, 2.45) is 0 Å². The Labute approximate surface area is 132 Å². The van der Waals surface area contributed by atoms with Gasteiger partial charge in [-0.2, -0.15) is 5.10 Å². The van der Waals surface area contributed by atoms with Crippen molar-refractivity contribution in [2.45, 2.75) is 25.8 Å². The Bertz CT molecular complexity index is 680. The van der Waals surface area contributed by atoms with Gasteiger partial charge in [0.05, 0.1) is 17.4 Å². The summed E-state index contributed by atoms with van der Waals surface area (Å²) in [6, 6.07) is 0. The number of hydrogen-bond acceptors (Lipinski definition) is 5. The van der Waals surface area contributed by atoms with Crippen LogP contribution in [0, 0.1) is 6.92 Å². The summed E-state index contributed by atoms with van der Waals surface area (Å²) in [5.74, 6) is 0.613. The van der Waals surface area contributed by atoms with E-state index in [2.05, 4.69) is 30.8 Å². The number of amides is 1. The SMILES string of the molecule is Cc1ncc(Cl)c(C(=O)NCc2cn[nH]c2C2CCNC2)n1. The van der Waals surface area contributed by atoms with Crippen LogP contribution >= 0.6 is 11.6 Å². The van der Waals surface area contributed by atoms with Crippen LogP contribution in [0.4, 0.5) is 0 Å². The summed E-state index contributed by atoms with van der Waals surface area (Å²) in [6.45, 7) is 4.04. The molecule has 2 aromatic heterocycles. The minimum absolute atomic E-state index is 0.196. The Morgan fingerprint density at radius 3 is 3.14 bits per heavy atom. The average molecular weight is 321 g/mol. The zero-order valence-electron chi connectivity index (χ0n) is 12.2. The van der Waals surface area contributed by atoms with Gasteiger partial charge >= 0.3 is 0 Å². The fraction of sp³-hybridized carbons (Fsp3) is 0.429. The van der Waals surface area contributed by atoms with E-state index in [9.17, 15) is 4.79 Å². The second kappa shape index (κ2) is 6.41.